The molecule has 2 N–H and O–H groups in total. The number of ether oxygens (including phenoxy) is 2. The average Bonchev–Trinajstić information content (AvgIpc) is 2.78. The van der Waals surface area contributed by atoms with Gasteiger partial charge in [0.05, 0.1) is 16.0 Å². The smallest absolute Gasteiger partial charge is 0.269 e. The highest BCUT2D eigenvalue weighted by Gasteiger charge is 2.14. The first kappa shape index (κ1) is 23.1. The van der Waals surface area contributed by atoms with E-state index in [0.29, 0.717) is 34.8 Å². The van der Waals surface area contributed by atoms with E-state index in [2.05, 4.69) is 26.6 Å². The maximum atomic E-state index is 12.2. The van der Waals surface area contributed by atoms with E-state index >= 15 is 0 Å². The van der Waals surface area contributed by atoms with Gasteiger partial charge in [0.25, 0.3) is 11.6 Å². The van der Waals surface area contributed by atoms with Gasteiger partial charge in [-0.2, -0.15) is 0 Å². The topological polar surface area (TPSA) is 103 Å². The maximum absolute atomic E-state index is 12.2. The largest absolute Gasteiger partial charge is 0.490 e. The second-order valence-electron chi connectivity index (χ2n) is 6.70. The van der Waals surface area contributed by atoms with Gasteiger partial charge in [0.1, 0.15) is 0 Å². The van der Waals surface area contributed by atoms with E-state index in [9.17, 15) is 14.9 Å². The average molecular weight is 500 g/mol. The molecule has 9 heteroatoms. The SMILES string of the molecule is CCOc1cc(CNc2ccc([N+](=O)[O-])cc2)cc(Br)c1OCC(=O)Nc1ccccc1. The molecule has 3 aromatic rings. The minimum Gasteiger partial charge on any atom is -0.490 e. The highest BCUT2D eigenvalue weighted by atomic mass is 79.9. The first-order valence-electron chi connectivity index (χ1n) is 9.87. The molecule has 166 valence electrons. The molecule has 32 heavy (non-hydrogen) atoms. The lowest BCUT2D eigenvalue weighted by Gasteiger charge is -2.16. The van der Waals surface area contributed by atoms with Crippen molar-refractivity contribution in [1.29, 1.82) is 0 Å². The van der Waals surface area contributed by atoms with Gasteiger partial charge in [-0.25, -0.2) is 0 Å². The third-order valence-electron chi connectivity index (χ3n) is 4.35. The predicted molar refractivity (Wildman–Crippen MR) is 126 cm³/mol. The van der Waals surface area contributed by atoms with E-state index in [-0.39, 0.29) is 18.2 Å². The van der Waals surface area contributed by atoms with Gasteiger partial charge in [-0.3, -0.25) is 14.9 Å². The monoisotopic (exact) mass is 499 g/mol. The van der Waals surface area contributed by atoms with Crippen molar-refractivity contribution in [2.45, 2.75) is 13.5 Å². The molecule has 0 saturated heterocycles. The highest BCUT2D eigenvalue weighted by molar-refractivity contribution is 9.10. The van der Waals surface area contributed by atoms with Crippen molar-refractivity contribution in [2.75, 3.05) is 23.8 Å². The van der Waals surface area contributed by atoms with Gasteiger partial charge < -0.3 is 20.1 Å². The molecule has 3 rings (SSSR count). The summed E-state index contributed by atoms with van der Waals surface area (Å²) in [5.41, 5.74) is 2.38. The zero-order valence-electron chi connectivity index (χ0n) is 17.3. The molecule has 3 aromatic carbocycles. The molecule has 0 spiro atoms. The van der Waals surface area contributed by atoms with Gasteiger partial charge in [0, 0.05) is 30.1 Å². The first-order valence-corrected chi connectivity index (χ1v) is 10.7. The molecule has 0 aliphatic carbocycles. The quantitative estimate of drug-likeness (QED) is 0.286. The Morgan fingerprint density at radius 3 is 2.41 bits per heavy atom. The van der Waals surface area contributed by atoms with Crippen molar-refractivity contribution < 1.29 is 19.2 Å². The number of nitrogens with one attached hydrogen (secondary N) is 2. The lowest BCUT2D eigenvalue weighted by atomic mass is 10.2. The van der Waals surface area contributed by atoms with E-state index in [4.69, 9.17) is 9.47 Å². The van der Waals surface area contributed by atoms with Crippen LogP contribution in [0.4, 0.5) is 17.1 Å². The summed E-state index contributed by atoms with van der Waals surface area (Å²) >= 11 is 3.50. The number of nitro groups is 1. The molecule has 0 fully saturated rings. The normalized spacial score (nSPS) is 10.3. The van der Waals surface area contributed by atoms with Crippen LogP contribution in [0.5, 0.6) is 11.5 Å². The van der Waals surface area contributed by atoms with Crippen molar-refractivity contribution in [3.8, 4) is 11.5 Å². The van der Waals surface area contributed by atoms with Crippen molar-refractivity contribution in [3.05, 3.63) is 86.9 Å². The number of nitrogens with zero attached hydrogens (tertiary/aromatic N) is 1. The summed E-state index contributed by atoms with van der Waals surface area (Å²) in [5.74, 6) is 0.665. The van der Waals surface area contributed by atoms with Gasteiger partial charge in [-0.1, -0.05) is 18.2 Å². The zero-order valence-corrected chi connectivity index (χ0v) is 18.9. The lowest BCUT2D eigenvalue weighted by molar-refractivity contribution is -0.384. The van der Waals surface area contributed by atoms with Crippen LogP contribution in [0.3, 0.4) is 0 Å². The first-order chi connectivity index (χ1) is 15.5. The fourth-order valence-corrected chi connectivity index (χ4v) is 3.49. The number of hydrogen-bond acceptors (Lipinski definition) is 6. The molecule has 0 atom stereocenters. The van der Waals surface area contributed by atoms with Crippen LogP contribution in [-0.4, -0.2) is 24.0 Å². The summed E-state index contributed by atoms with van der Waals surface area (Å²) in [4.78, 5) is 22.6. The molecular weight excluding hydrogens is 478 g/mol. The summed E-state index contributed by atoms with van der Waals surface area (Å²) in [7, 11) is 0. The van der Waals surface area contributed by atoms with Crippen LogP contribution in [0.2, 0.25) is 0 Å². The molecule has 0 aromatic heterocycles. The Bertz CT molecular complexity index is 1070. The van der Waals surface area contributed by atoms with Crippen LogP contribution in [0.15, 0.2) is 71.2 Å². The highest BCUT2D eigenvalue weighted by Crippen LogP contribution is 2.37. The lowest BCUT2D eigenvalue weighted by Crippen LogP contribution is -2.20. The Kier molecular flexibility index (Phi) is 8.04. The van der Waals surface area contributed by atoms with Crippen molar-refractivity contribution in [2.24, 2.45) is 0 Å². The van der Waals surface area contributed by atoms with Gasteiger partial charge in [-0.05, 0) is 64.8 Å². The number of benzene rings is 3. The number of anilines is 2. The third kappa shape index (κ3) is 6.45. The number of rotatable bonds is 10. The van der Waals surface area contributed by atoms with Crippen LogP contribution in [0.25, 0.3) is 0 Å². The summed E-state index contributed by atoms with van der Waals surface area (Å²) < 4.78 is 12.1. The Balaban J connectivity index is 1.65. The Morgan fingerprint density at radius 1 is 1.03 bits per heavy atom. The summed E-state index contributed by atoms with van der Waals surface area (Å²) in [6.45, 7) is 2.58. The van der Waals surface area contributed by atoms with Gasteiger partial charge in [-0.15, -0.1) is 0 Å². The fourth-order valence-electron chi connectivity index (χ4n) is 2.89. The zero-order chi connectivity index (χ0) is 22.9. The number of amides is 1. The van der Waals surface area contributed by atoms with E-state index in [1.165, 1.54) is 12.1 Å². The van der Waals surface area contributed by atoms with Crippen molar-refractivity contribution in [1.82, 2.24) is 0 Å². The molecule has 0 radical (unpaired) electrons. The van der Waals surface area contributed by atoms with Crippen LogP contribution in [0.1, 0.15) is 12.5 Å². The number of halogens is 1. The molecule has 0 heterocycles. The molecule has 0 saturated carbocycles. The molecule has 1 amide bonds. The Morgan fingerprint density at radius 2 is 1.75 bits per heavy atom. The minimum atomic E-state index is -0.436. The van der Waals surface area contributed by atoms with Crippen LogP contribution in [-0.2, 0) is 11.3 Å². The fraction of sp³-hybridized carbons (Fsp3) is 0.174. The number of non-ortho nitro benzene ring substituents is 1. The number of carbonyl (C=O) groups is 1. The van der Waals surface area contributed by atoms with Crippen LogP contribution >= 0.6 is 15.9 Å². The summed E-state index contributed by atoms with van der Waals surface area (Å²) in [5, 5.41) is 16.8. The maximum Gasteiger partial charge on any atom is 0.269 e. The Hall–Kier alpha value is -3.59. The van der Waals surface area contributed by atoms with E-state index < -0.39 is 4.92 Å². The van der Waals surface area contributed by atoms with Crippen LogP contribution in [0, 0.1) is 10.1 Å². The second-order valence-corrected chi connectivity index (χ2v) is 7.55. The summed E-state index contributed by atoms with van der Waals surface area (Å²) in [6.07, 6.45) is 0. The number of carbonyl (C=O) groups excluding carboxylic acids is 1. The predicted octanol–water partition coefficient (Wildman–Crippen LogP) is 5.39. The van der Waals surface area contributed by atoms with E-state index in [0.717, 1.165) is 11.3 Å². The molecule has 0 aliphatic heterocycles. The number of para-hydroxylation sites is 1. The number of hydrogen-bond donors (Lipinski definition) is 2. The van der Waals surface area contributed by atoms with Gasteiger partial charge in [0.2, 0.25) is 0 Å². The van der Waals surface area contributed by atoms with Crippen molar-refractivity contribution in [3.63, 3.8) is 0 Å². The third-order valence-corrected chi connectivity index (χ3v) is 4.94. The molecule has 0 aliphatic rings. The Labute approximate surface area is 193 Å². The van der Waals surface area contributed by atoms with E-state index in [1.807, 2.05) is 37.3 Å². The molecular formula is C23H22BrN3O5. The summed E-state index contributed by atoms with van der Waals surface area (Å²) in [6, 6.07) is 19.0. The molecule has 0 bridgehead atoms. The molecule has 8 nitrogen and oxygen atoms in total. The molecule has 0 unspecified atom stereocenters. The van der Waals surface area contributed by atoms with Crippen LogP contribution < -0.4 is 20.1 Å². The minimum absolute atomic E-state index is 0.0368. The van der Waals surface area contributed by atoms with Gasteiger partial charge in [0.15, 0.2) is 18.1 Å². The second kappa shape index (κ2) is 11.1. The van der Waals surface area contributed by atoms with E-state index in [1.54, 1.807) is 24.3 Å². The van der Waals surface area contributed by atoms with Crippen molar-refractivity contribution >= 4 is 38.9 Å². The van der Waals surface area contributed by atoms with Gasteiger partial charge >= 0.3 is 0 Å². The standard InChI is InChI=1S/C23H22BrN3O5/c1-2-31-21-13-16(14-25-17-8-10-19(11-9-17)27(29)30)12-20(24)23(21)32-15-22(28)26-18-6-4-3-5-7-18/h3-13,25H,2,14-15H2,1H3,(H,26,28). The number of nitro benzene ring substituents is 1.